The number of ether oxygens (including phenoxy) is 6. The molecule has 3 atom stereocenters. The number of epoxide rings is 4. The van der Waals surface area contributed by atoms with Gasteiger partial charge in [-0.25, -0.2) is 0 Å². The molecule has 32 heavy (non-hydrogen) atoms. The number of rotatable bonds is 19. The van der Waals surface area contributed by atoms with Crippen LogP contribution in [-0.2, 0) is 33.2 Å². The van der Waals surface area contributed by atoms with Crippen molar-refractivity contribution in [2.45, 2.75) is 146 Å². The molecule has 0 N–H and O–H groups in total. The molecule has 5 aliphatic rings. The van der Waals surface area contributed by atoms with Crippen LogP contribution < -0.4 is 0 Å². The summed E-state index contributed by atoms with van der Waals surface area (Å²) in [5.74, 6) is -2.58. The molecule has 5 saturated heterocycles. The van der Waals surface area contributed by atoms with Gasteiger partial charge in [0.25, 0.3) is 11.6 Å². The molecule has 0 bridgehead atoms. The Morgan fingerprint density at radius 3 is 1.81 bits per heavy atom. The van der Waals surface area contributed by atoms with E-state index >= 15 is 0 Å². The third-order valence-electron chi connectivity index (χ3n) is 7.59. The highest BCUT2D eigenvalue weighted by molar-refractivity contribution is 5.69. The van der Waals surface area contributed by atoms with E-state index in [0.29, 0.717) is 13.0 Å². The molecule has 5 heterocycles. The smallest absolute Gasteiger partial charge is 0.355 e. The van der Waals surface area contributed by atoms with Crippen LogP contribution >= 0.6 is 0 Å². The molecule has 5 rings (SSSR count). The molecule has 0 aromatic carbocycles. The molecule has 0 aliphatic carbocycles. The van der Waals surface area contributed by atoms with Crippen LogP contribution in [0.25, 0.3) is 0 Å². The maximum Gasteiger partial charge on any atom is 0.355 e. The van der Waals surface area contributed by atoms with Crippen LogP contribution in [0.3, 0.4) is 0 Å². The Morgan fingerprint density at radius 1 is 0.719 bits per heavy atom. The fourth-order valence-corrected chi connectivity index (χ4v) is 5.32. The lowest BCUT2D eigenvalue weighted by atomic mass is 10.0. The van der Waals surface area contributed by atoms with E-state index in [2.05, 4.69) is 6.92 Å². The topological polar surface area (TPSA) is 85.7 Å². The average molecular weight is 453 g/mol. The van der Waals surface area contributed by atoms with Gasteiger partial charge in [0.15, 0.2) is 0 Å². The Morgan fingerprint density at radius 2 is 1.28 bits per heavy atom. The molecule has 5 aliphatic heterocycles. The molecule has 182 valence electrons. The third kappa shape index (κ3) is 4.02. The normalized spacial score (nSPS) is 38.8. The molecule has 7 heteroatoms. The van der Waals surface area contributed by atoms with E-state index in [9.17, 15) is 4.79 Å². The van der Waals surface area contributed by atoms with E-state index in [0.717, 1.165) is 32.1 Å². The second-order valence-electron chi connectivity index (χ2n) is 10.2. The number of carbonyl (C=O) groups is 1. The molecule has 0 amide bonds. The lowest BCUT2D eigenvalue weighted by Gasteiger charge is -2.08. The van der Waals surface area contributed by atoms with E-state index in [4.69, 9.17) is 28.4 Å². The Balaban J connectivity index is 0.745. The van der Waals surface area contributed by atoms with Crippen molar-refractivity contribution < 1.29 is 33.2 Å². The van der Waals surface area contributed by atoms with Crippen LogP contribution in [0.1, 0.15) is 116 Å². The number of hydrogen-bond donors (Lipinski definition) is 0. The van der Waals surface area contributed by atoms with Crippen molar-refractivity contribution in [1.82, 2.24) is 0 Å². The highest BCUT2D eigenvalue weighted by atomic mass is 17.3. The van der Waals surface area contributed by atoms with Gasteiger partial charge in [-0.05, 0) is 19.3 Å². The number of unbranched alkanes of at least 4 members (excludes halogenated alkanes) is 13. The molecule has 3 unspecified atom stereocenters. The van der Waals surface area contributed by atoms with Crippen LogP contribution in [0.4, 0.5) is 0 Å². The monoisotopic (exact) mass is 452 g/mol. The number of hydrogen-bond acceptors (Lipinski definition) is 7. The summed E-state index contributed by atoms with van der Waals surface area (Å²) < 4.78 is 33.0. The molecule has 0 saturated carbocycles. The fourth-order valence-electron chi connectivity index (χ4n) is 5.32. The highest BCUT2D eigenvalue weighted by Crippen LogP contribution is 2.93. The predicted octanol–water partition coefficient (Wildman–Crippen LogP) is 5.44. The summed E-state index contributed by atoms with van der Waals surface area (Å²) in [5, 5.41) is 0. The Labute approximate surface area is 191 Å². The predicted molar refractivity (Wildman–Crippen MR) is 115 cm³/mol. The lowest BCUT2D eigenvalue weighted by Crippen LogP contribution is -2.41. The average Bonchev–Trinajstić information content (AvgIpc) is 3.69. The first-order chi connectivity index (χ1) is 15.6. The first-order valence-electron chi connectivity index (χ1n) is 13.3. The zero-order valence-corrected chi connectivity index (χ0v) is 19.7. The van der Waals surface area contributed by atoms with Crippen LogP contribution in [0.5, 0.6) is 0 Å². The summed E-state index contributed by atoms with van der Waals surface area (Å²) in [6.45, 7) is 2.69. The van der Waals surface area contributed by atoms with E-state index in [1.807, 2.05) is 0 Å². The minimum Gasteiger partial charge on any atom is -0.466 e. The van der Waals surface area contributed by atoms with E-state index in [1.54, 1.807) is 0 Å². The summed E-state index contributed by atoms with van der Waals surface area (Å²) in [4.78, 5) is 11.5. The molecule has 2 spiro atoms. The molecule has 0 radical (unpaired) electrons. The van der Waals surface area contributed by atoms with Crippen LogP contribution in [0, 0.1) is 0 Å². The summed E-state index contributed by atoms with van der Waals surface area (Å²) in [6, 6.07) is 0. The van der Waals surface area contributed by atoms with Crippen molar-refractivity contribution in [3.05, 3.63) is 0 Å². The summed E-state index contributed by atoms with van der Waals surface area (Å²) >= 11 is 0. The Bertz CT molecular complexity index is 675. The van der Waals surface area contributed by atoms with Gasteiger partial charge in [-0.3, -0.25) is 23.7 Å². The van der Waals surface area contributed by atoms with Crippen molar-refractivity contribution in [3.8, 4) is 0 Å². The molecule has 7 nitrogen and oxygen atoms in total. The maximum atomic E-state index is 11.5. The summed E-state index contributed by atoms with van der Waals surface area (Å²) in [6.07, 6.45) is 20.3. The van der Waals surface area contributed by atoms with Crippen molar-refractivity contribution in [1.29, 1.82) is 0 Å². The molecular weight excluding hydrogens is 412 g/mol. The van der Waals surface area contributed by atoms with Gasteiger partial charge in [-0.1, -0.05) is 90.4 Å². The summed E-state index contributed by atoms with van der Waals surface area (Å²) in [5.41, 5.74) is 0. The Hall–Kier alpha value is -0.730. The molecular formula is C25H40O7. The quantitative estimate of drug-likeness (QED) is 0.146. The fraction of sp³-hybridized carbons (Fsp3) is 0.960. The lowest BCUT2D eigenvalue weighted by molar-refractivity contribution is -0.166. The standard InChI is InChI=1S/C25H40O7/c1-2-3-19-27-21(26)18-16-14-12-10-8-6-4-5-7-9-11-13-15-17-20-22(28-20)23(29-22)24-25(30-23,31-24)32-24/h20H,2-19H2,1H3. The molecule has 0 aromatic rings. The second kappa shape index (κ2) is 9.14. The van der Waals surface area contributed by atoms with Gasteiger partial charge in [0, 0.05) is 6.42 Å². The second-order valence-corrected chi connectivity index (χ2v) is 10.2. The first-order valence-corrected chi connectivity index (χ1v) is 13.3. The van der Waals surface area contributed by atoms with Gasteiger partial charge < -0.3 is 9.47 Å². The van der Waals surface area contributed by atoms with Gasteiger partial charge in [-0.2, -0.15) is 0 Å². The highest BCUT2D eigenvalue weighted by Gasteiger charge is 3.23. The largest absolute Gasteiger partial charge is 0.466 e. The minimum atomic E-state index is -0.724. The van der Waals surface area contributed by atoms with Gasteiger partial charge in [0.1, 0.15) is 6.10 Å². The molecule has 0 aromatic heterocycles. The zero-order chi connectivity index (χ0) is 22.1. The van der Waals surface area contributed by atoms with E-state index in [-0.39, 0.29) is 12.1 Å². The van der Waals surface area contributed by atoms with Crippen LogP contribution in [0.15, 0.2) is 0 Å². The van der Waals surface area contributed by atoms with Gasteiger partial charge in [0.2, 0.25) is 0 Å². The zero-order valence-electron chi connectivity index (χ0n) is 19.7. The number of esters is 1. The van der Waals surface area contributed by atoms with E-state index < -0.39 is 23.3 Å². The van der Waals surface area contributed by atoms with Gasteiger partial charge in [0.05, 0.1) is 6.61 Å². The number of carbonyl (C=O) groups excluding carboxylic acids is 1. The van der Waals surface area contributed by atoms with Crippen LogP contribution in [0.2, 0.25) is 0 Å². The van der Waals surface area contributed by atoms with Crippen molar-refractivity contribution in [2.24, 2.45) is 0 Å². The summed E-state index contributed by atoms with van der Waals surface area (Å²) in [7, 11) is 0. The first kappa shape index (κ1) is 23.0. The third-order valence-corrected chi connectivity index (χ3v) is 7.59. The van der Waals surface area contributed by atoms with Gasteiger partial charge >= 0.3 is 17.7 Å². The minimum absolute atomic E-state index is 0.0193. The maximum absolute atomic E-state index is 11.5. The van der Waals surface area contributed by atoms with Crippen molar-refractivity contribution in [2.75, 3.05) is 6.61 Å². The number of fused-ring (bicyclic) bond motifs is 1. The van der Waals surface area contributed by atoms with Crippen LogP contribution in [-0.4, -0.2) is 42.0 Å². The van der Waals surface area contributed by atoms with Crippen molar-refractivity contribution in [3.63, 3.8) is 0 Å². The van der Waals surface area contributed by atoms with Crippen molar-refractivity contribution >= 4 is 5.97 Å². The SMILES string of the molecule is CCCCOC(=O)CCCCCCCCCCCCCCCC1OC12OC21OC23OC21O3. The van der Waals surface area contributed by atoms with E-state index in [1.165, 1.54) is 70.6 Å². The molecule has 5 fully saturated rings. The Kier molecular flexibility index (Phi) is 6.58. The van der Waals surface area contributed by atoms with Gasteiger partial charge in [-0.15, -0.1) is 0 Å².